The van der Waals surface area contributed by atoms with Gasteiger partial charge in [-0.3, -0.25) is 0 Å². The second-order valence-electron chi connectivity index (χ2n) is 3.96. The van der Waals surface area contributed by atoms with E-state index in [2.05, 4.69) is 5.32 Å². The second-order valence-corrected chi connectivity index (χ2v) is 3.96. The van der Waals surface area contributed by atoms with Gasteiger partial charge >= 0.3 is 0 Å². The highest BCUT2D eigenvalue weighted by Gasteiger charge is 2.67. The van der Waals surface area contributed by atoms with Crippen molar-refractivity contribution in [3.05, 3.63) is 0 Å². The molecule has 0 bridgehead atoms. The molecule has 2 unspecified atom stereocenters. The first-order chi connectivity index (χ1) is 4.43. The van der Waals surface area contributed by atoms with Crippen LogP contribution in [0.2, 0.25) is 0 Å². The van der Waals surface area contributed by atoms with Gasteiger partial charge < -0.3 is 5.32 Å². The summed E-state index contributed by atoms with van der Waals surface area (Å²) < 4.78 is 0. The summed E-state index contributed by atoms with van der Waals surface area (Å²) >= 11 is 0. The largest absolute Gasteiger partial charge is 0.316 e. The zero-order chi connectivity index (χ0) is 5.90. The Morgan fingerprint density at radius 1 is 1.11 bits per heavy atom. The van der Waals surface area contributed by atoms with Crippen molar-refractivity contribution in [2.24, 2.45) is 17.3 Å². The van der Waals surface area contributed by atoms with Gasteiger partial charge in [-0.05, 0) is 43.2 Å². The molecule has 0 amide bonds. The normalized spacial score (nSPS) is 50.7. The molecule has 3 rings (SSSR count). The van der Waals surface area contributed by atoms with Gasteiger partial charge in [-0.1, -0.05) is 6.42 Å². The van der Waals surface area contributed by atoms with Crippen LogP contribution in [-0.2, 0) is 0 Å². The van der Waals surface area contributed by atoms with Crippen LogP contribution in [0.5, 0.6) is 0 Å². The van der Waals surface area contributed by atoms with Crippen molar-refractivity contribution in [3.8, 4) is 0 Å². The fourth-order valence-electron chi connectivity index (χ4n) is 3.08. The quantitative estimate of drug-likeness (QED) is 0.507. The maximum Gasteiger partial charge on any atom is -0.00116 e. The second kappa shape index (κ2) is 1.20. The molecule has 1 saturated heterocycles. The zero-order valence-corrected chi connectivity index (χ0v) is 5.69. The predicted molar refractivity (Wildman–Crippen MR) is 36.1 cm³/mol. The standard InChI is InChI=1S/C8H13N/c1-2-8(3-1)6-4-9-5-7(6)8/h6-7,9H,1-5H2. The van der Waals surface area contributed by atoms with Crippen molar-refractivity contribution in [1.29, 1.82) is 0 Å². The Kier molecular flexibility index (Phi) is 0.628. The van der Waals surface area contributed by atoms with Gasteiger partial charge in [0, 0.05) is 0 Å². The van der Waals surface area contributed by atoms with Crippen LogP contribution in [0, 0.1) is 17.3 Å². The fraction of sp³-hybridized carbons (Fsp3) is 1.00. The summed E-state index contributed by atoms with van der Waals surface area (Å²) in [6, 6.07) is 0. The number of nitrogens with one attached hydrogen (secondary N) is 1. The van der Waals surface area contributed by atoms with Crippen LogP contribution in [-0.4, -0.2) is 13.1 Å². The van der Waals surface area contributed by atoms with Gasteiger partial charge in [0.2, 0.25) is 0 Å². The number of piperidine rings is 1. The Balaban J connectivity index is 1.86. The molecule has 9 heavy (non-hydrogen) atoms. The van der Waals surface area contributed by atoms with Crippen molar-refractivity contribution < 1.29 is 0 Å². The molecule has 1 nitrogen and oxygen atoms in total. The minimum absolute atomic E-state index is 0.922. The highest BCUT2D eigenvalue weighted by Crippen LogP contribution is 2.71. The summed E-state index contributed by atoms with van der Waals surface area (Å²) in [5.41, 5.74) is 0.922. The summed E-state index contributed by atoms with van der Waals surface area (Å²) in [5.74, 6) is 2.23. The van der Waals surface area contributed by atoms with E-state index in [1.165, 1.54) is 19.5 Å². The van der Waals surface area contributed by atoms with Crippen LogP contribution in [0.1, 0.15) is 19.3 Å². The Morgan fingerprint density at radius 3 is 2.11 bits per heavy atom. The first-order valence-corrected chi connectivity index (χ1v) is 4.14. The molecular formula is C8H13N. The summed E-state index contributed by atoms with van der Waals surface area (Å²) in [5, 5.41) is 3.45. The van der Waals surface area contributed by atoms with Crippen molar-refractivity contribution in [2.45, 2.75) is 19.3 Å². The summed E-state index contributed by atoms with van der Waals surface area (Å²) in [6.45, 7) is 2.68. The Morgan fingerprint density at radius 2 is 1.78 bits per heavy atom. The molecule has 1 aliphatic heterocycles. The maximum absolute atomic E-state index is 3.45. The van der Waals surface area contributed by atoms with Crippen molar-refractivity contribution in [2.75, 3.05) is 13.1 Å². The van der Waals surface area contributed by atoms with Crippen LogP contribution >= 0.6 is 0 Å². The molecule has 3 fully saturated rings. The Bertz CT molecular complexity index is 137. The summed E-state index contributed by atoms with van der Waals surface area (Å²) in [6.07, 6.45) is 4.64. The molecule has 1 heteroatoms. The minimum atomic E-state index is 0.922. The van der Waals surface area contributed by atoms with Gasteiger partial charge in [0.25, 0.3) is 0 Å². The van der Waals surface area contributed by atoms with Crippen LogP contribution in [0.25, 0.3) is 0 Å². The molecule has 1 spiro atoms. The van der Waals surface area contributed by atoms with Gasteiger partial charge in [0.1, 0.15) is 0 Å². The van der Waals surface area contributed by atoms with E-state index in [1.54, 1.807) is 12.8 Å². The van der Waals surface area contributed by atoms with Crippen LogP contribution in [0.3, 0.4) is 0 Å². The summed E-state index contributed by atoms with van der Waals surface area (Å²) in [7, 11) is 0. The van der Waals surface area contributed by atoms with E-state index in [0.29, 0.717) is 0 Å². The SMILES string of the molecule is C1CC2(C1)C1CNCC12. The highest BCUT2D eigenvalue weighted by atomic mass is 15.0. The van der Waals surface area contributed by atoms with E-state index in [0.717, 1.165) is 17.3 Å². The van der Waals surface area contributed by atoms with Gasteiger partial charge in [0.05, 0.1) is 0 Å². The molecule has 50 valence electrons. The van der Waals surface area contributed by atoms with Crippen LogP contribution < -0.4 is 5.32 Å². The van der Waals surface area contributed by atoms with Gasteiger partial charge in [-0.25, -0.2) is 0 Å². The average Bonchev–Trinajstić information content (AvgIpc) is 2.13. The number of fused-ring (bicyclic) bond motifs is 3. The lowest BCUT2D eigenvalue weighted by Gasteiger charge is -2.29. The number of hydrogen-bond acceptors (Lipinski definition) is 1. The monoisotopic (exact) mass is 123 g/mol. The molecule has 0 aromatic rings. The zero-order valence-electron chi connectivity index (χ0n) is 5.69. The van der Waals surface area contributed by atoms with Crippen molar-refractivity contribution in [3.63, 3.8) is 0 Å². The lowest BCUT2D eigenvalue weighted by molar-refractivity contribution is 0.224. The van der Waals surface area contributed by atoms with Crippen LogP contribution in [0.15, 0.2) is 0 Å². The molecule has 2 atom stereocenters. The summed E-state index contributed by atoms with van der Waals surface area (Å²) in [4.78, 5) is 0. The third-order valence-electron chi connectivity index (χ3n) is 3.87. The molecular weight excluding hydrogens is 110 g/mol. The fourth-order valence-corrected chi connectivity index (χ4v) is 3.08. The van der Waals surface area contributed by atoms with Crippen LogP contribution in [0.4, 0.5) is 0 Å². The number of rotatable bonds is 0. The van der Waals surface area contributed by atoms with E-state index in [1.807, 2.05) is 0 Å². The van der Waals surface area contributed by atoms with Crippen molar-refractivity contribution >= 4 is 0 Å². The maximum atomic E-state index is 3.45. The predicted octanol–water partition coefficient (Wildman–Crippen LogP) is 1.01. The molecule has 1 N–H and O–H groups in total. The van der Waals surface area contributed by atoms with Gasteiger partial charge in [0.15, 0.2) is 0 Å². The topological polar surface area (TPSA) is 12.0 Å². The van der Waals surface area contributed by atoms with Gasteiger partial charge in [-0.15, -0.1) is 0 Å². The lowest BCUT2D eigenvalue weighted by Crippen LogP contribution is -2.27. The third kappa shape index (κ3) is 0.362. The first kappa shape index (κ1) is 4.73. The van der Waals surface area contributed by atoms with E-state index < -0.39 is 0 Å². The van der Waals surface area contributed by atoms with Gasteiger partial charge in [-0.2, -0.15) is 0 Å². The molecule has 2 aliphatic carbocycles. The molecule has 0 radical (unpaired) electrons. The number of hydrogen-bond donors (Lipinski definition) is 1. The Labute approximate surface area is 55.8 Å². The molecule has 2 saturated carbocycles. The highest BCUT2D eigenvalue weighted by molar-refractivity contribution is 5.18. The Hall–Kier alpha value is -0.0400. The minimum Gasteiger partial charge on any atom is -0.316 e. The third-order valence-corrected chi connectivity index (χ3v) is 3.87. The first-order valence-electron chi connectivity index (χ1n) is 4.14. The molecule has 3 aliphatic rings. The van der Waals surface area contributed by atoms with E-state index in [9.17, 15) is 0 Å². The molecule has 1 heterocycles. The van der Waals surface area contributed by atoms with E-state index >= 15 is 0 Å². The lowest BCUT2D eigenvalue weighted by atomic mass is 9.77. The average molecular weight is 123 g/mol. The van der Waals surface area contributed by atoms with Crippen molar-refractivity contribution in [1.82, 2.24) is 5.32 Å². The smallest absolute Gasteiger partial charge is 0.00116 e. The molecule has 0 aromatic heterocycles. The van der Waals surface area contributed by atoms with E-state index in [4.69, 9.17) is 0 Å². The molecule has 0 aromatic carbocycles. The van der Waals surface area contributed by atoms with E-state index in [-0.39, 0.29) is 0 Å².